The zero-order chi connectivity index (χ0) is 20.8. The van der Waals surface area contributed by atoms with Gasteiger partial charge in [0, 0.05) is 18.0 Å². The van der Waals surface area contributed by atoms with Gasteiger partial charge in [-0.15, -0.1) is 11.3 Å². The van der Waals surface area contributed by atoms with Crippen molar-refractivity contribution < 1.29 is 22.8 Å². The Morgan fingerprint density at radius 3 is 2.76 bits per heavy atom. The third-order valence-electron chi connectivity index (χ3n) is 4.78. The minimum atomic E-state index is -4.49. The lowest BCUT2D eigenvalue weighted by Crippen LogP contribution is -2.22. The first-order valence-corrected chi connectivity index (χ1v) is 10.4. The van der Waals surface area contributed by atoms with Crippen LogP contribution in [0.25, 0.3) is 0 Å². The highest BCUT2D eigenvalue weighted by Gasteiger charge is 2.33. The van der Waals surface area contributed by atoms with Gasteiger partial charge in [0.25, 0.3) is 5.91 Å². The Kier molecular flexibility index (Phi) is 4.95. The molecule has 29 heavy (non-hydrogen) atoms. The molecule has 1 unspecified atom stereocenters. The van der Waals surface area contributed by atoms with Gasteiger partial charge in [0.05, 0.1) is 15.4 Å². The molecule has 1 aliphatic heterocycles. The van der Waals surface area contributed by atoms with Gasteiger partial charge in [-0.25, -0.2) is 0 Å². The number of benzene rings is 1. The second kappa shape index (κ2) is 7.31. The third-order valence-corrected chi connectivity index (χ3v) is 6.71. The minimum Gasteiger partial charge on any atom is -0.321 e. The van der Waals surface area contributed by atoms with Crippen molar-refractivity contribution in [3.63, 3.8) is 0 Å². The van der Waals surface area contributed by atoms with Crippen LogP contribution in [0.5, 0.6) is 0 Å². The molecular formula is C20H15F3N2O2S2. The number of rotatable bonds is 3. The lowest BCUT2D eigenvalue weighted by Gasteiger charge is -2.23. The number of halogens is 3. The third kappa shape index (κ3) is 3.79. The number of fused-ring (bicyclic) bond motifs is 1. The first-order valence-electron chi connectivity index (χ1n) is 8.68. The molecule has 0 fully saturated rings. The summed E-state index contributed by atoms with van der Waals surface area (Å²) in [5, 5.41) is 9.89. The molecule has 4 rings (SSSR count). The number of alkyl halides is 3. The van der Waals surface area contributed by atoms with E-state index in [1.54, 1.807) is 6.92 Å². The fourth-order valence-electron chi connectivity index (χ4n) is 3.44. The van der Waals surface area contributed by atoms with E-state index in [1.165, 1.54) is 23.5 Å². The summed E-state index contributed by atoms with van der Waals surface area (Å²) < 4.78 is 38.7. The van der Waals surface area contributed by atoms with Gasteiger partial charge in [-0.05, 0) is 58.6 Å². The Morgan fingerprint density at radius 1 is 1.28 bits per heavy atom. The highest BCUT2D eigenvalue weighted by atomic mass is 32.1. The van der Waals surface area contributed by atoms with E-state index in [0.717, 1.165) is 40.2 Å². The van der Waals surface area contributed by atoms with Gasteiger partial charge in [-0.2, -0.15) is 24.5 Å². The fraction of sp³-hybridized carbons (Fsp3) is 0.200. The number of carbonyl (C=O) groups is 2. The second-order valence-electron chi connectivity index (χ2n) is 6.69. The summed E-state index contributed by atoms with van der Waals surface area (Å²) in [6.07, 6.45) is -4.20. The van der Waals surface area contributed by atoms with Crippen molar-refractivity contribution in [3.8, 4) is 0 Å². The molecule has 0 aliphatic carbocycles. The topological polar surface area (TPSA) is 58.2 Å². The van der Waals surface area contributed by atoms with Crippen LogP contribution in [0.4, 0.5) is 23.9 Å². The van der Waals surface area contributed by atoms with Crippen molar-refractivity contribution in [1.29, 1.82) is 0 Å². The van der Waals surface area contributed by atoms with Gasteiger partial charge in [-0.3, -0.25) is 9.59 Å². The lowest BCUT2D eigenvalue weighted by molar-refractivity contribution is -0.137. The predicted molar refractivity (Wildman–Crippen MR) is 108 cm³/mol. The number of nitrogens with one attached hydrogen (secondary N) is 2. The molecule has 0 spiro atoms. The molecule has 0 bridgehead atoms. The molecule has 4 nitrogen and oxygen atoms in total. The van der Waals surface area contributed by atoms with E-state index < -0.39 is 17.6 Å². The maximum absolute atomic E-state index is 12.9. The van der Waals surface area contributed by atoms with Crippen LogP contribution in [0.3, 0.4) is 0 Å². The highest BCUT2D eigenvalue weighted by Crippen LogP contribution is 2.45. The van der Waals surface area contributed by atoms with E-state index in [9.17, 15) is 22.8 Å². The molecule has 1 atom stereocenters. The number of carbonyl (C=O) groups excluding carboxylic acids is 2. The zero-order valence-electron chi connectivity index (χ0n) is 15.1. The Bertz CT molecular complexity index is 1090. The largest absolute Gasteiger partial charge is 0.416 e. The molecule has 0 saturated heterocycles. The monoisotopic (exact) mass is 436 g/mol. The van der Waals surface area contributed by atoms with Crippen molar-refractivity contribution >= 4 is 45.2 Å². The molecule has 0 saturated carbocycles. The summed E-state index contributed by atoms with van der Waals surface area (Å²) in [5.41, 5.74) is 1.86. The Morgan fingerprint density at radius 2 is 2.07 bits per heavy atom. The number of hydrogen-bond donors (Lipinski definition) is 2. The molecule has 0 radical (unpaired) electrons. The molecular weight excluding hydrogens is 421 g/mol. The Hall–Kier alpha value is -2.65. The zero-order valence-corrected chi connectivity index (χ0v) is 16.7. The number of amides is 2. The van der Waals surface area contributed by atoms with E-state index in [0.29, 0.717) is 9.88 Å². The molecule has 2 N–H and O–H groups in total. The van der Waals surface area contributed by atoms with Crippen LogP contribution in [0.15, 0.2) is 41.1 Å². The first kappa shape index (κ1) is 19.7. The molecule has 2 amide bonds. The summed E-state index contributed by atoms with van der Waals surface area (Å²) >= 11 is 2.67. The summed E-state index contributed by atoms with van der Waals surface area (Å²) in [7, 11) is 0. The number of hydrogen-bond acceptors (Lipinski definition) is 4. The molecule has 1 aliphatic rings. The van der Waals surface area contributed by atoms with Gasteiger partial charge in [-0.1, -0.05) is 6.07 Å². The maximum Gasteiger partial charge on any atom is 0.416 e. The number of anilines is 2. The summed E-state index contributed by atoms with van der Waals surface area (Å²) in [5.74, 6) is -0.768. The molecule has 3 aromatic rings. The van der Waals surface area contributed by atoms with Crippen LogP contribution in [0.1, 0.15) is 44.3 Å². The van der Waals surface area contributed by atoms with Gasteiger partial charge >= 0.3 is 6.18 Å². The average molecular weight is 436 g/mol. The van der Waals surface area contributed by atoms with Crippen molar-refractivity contribution in [3.05, 3.63) is 68.2 Å². The summed E-state index contributed by atoms with van der Waals surface area (Å²) in [4.78, 5) is 25.3. The predicted octanol–water partition coefficient (Wildman–Crippen LogP) is 5.86. The molecule has 150 valence electrons. The average Bonchev–Trinajstić information content (AvgIpc) is 3.29. The Labute approximate surface area is 172 Å². The van der Waals surface area contributed by atoms with Gasteiger partial charge in [0.2, 0.25) is 5.91 Å². The van der Waals surface area contributed by atoms with Gasteiger partial charge in [0.15, 0.2) is 0 Å². The lowest BCUT2D eigenvalue weighted by atomic mass is 9.86. The quantitative estimate of drug-likeness (QED) is 0.540. The maximum atomic E-state index is 12.9. The van der Waals surface area contributed by atoms with E-state index in [4.69, 9.17) is 0 Å². The van der Waals surface area contributed by atoms with E-state index in [-0.39, 0.29) is 23.9 Å². The van der Waals surface area contributed by atoms with Crippen LogP contribution >= 0.6 is 22.7 Å². The van der Waals surface area contributed by atoms with Crippen LogP contribution in [0.2, 0.25) is 0 Å². The Balaban J connectivity index is 1.66. The van der Waals surface area contributed by atoms with E-state index in [2.05, 4.69) is 10.6 Å². The first-order chi connectivity index (χ1) is 13.7. The van der Waals surface area contributed by atoms with Gasteiger partial charge in [0.1, 0.15) is 0 Å². The van der Waals surface area contributed by atoms with Crippen molar-refractivity contribution in [1.82, 2.24) is 0 Å². The highest BCUT2D eigenvalue weighted by molar-refractivity contribution is 7.18. The fourth-order valence-corrected chi connectivity index (χ4v) is 5.33. The normalized spacial score (nSPS) is 16.3. The summed E-state index contributed by atoms with van der Waals surface area (Å²) in [6.45, 7) is 1.80. The molecule has 3 heterocycles. The summed E-state index contributed by atoms with van der Waals surface area (Å²) in [6, 6.07) is 6.46. The minimum absolute atomic E-state index is 0.0639. The smallest absolute Gasteiger partial charge is 0.321 e. The molecule has 1 aromatic carbocycles. The molecule has 2 aromatic heterocycles. The molecule has 9 heteroatoms. The number of thiophene rings is 2. The van der Waals surface area contributed by atoms with E-state index >= 15 is 0 Å². The van der Waals surface area contributed by atoms with Crippen LogP contribution < -0.4 is 10.6 Å². The van der Waals surface area contributed by atoms with Crippen molar-refractivity contribution in [2.75, 3.05) is 10.6 Å². The van der Waals surface area contributed by atoms with Gasteiger partial charge < -0.3 is 10.6 Å². The standard InChI is InChI=1S/C20H15F3N2O2S2/c1-10-16-14(11-5-6-28-9-11)8-15(26)25-19(16)29-17(10)18(27)24-13-4-2-3-12(7-13)20(21,22)23/h2-7,9,14H,8H2,1H3,(H,24,27)(H,25,26). The van der Waals surface area contributed by atoms with Crippen molar-refractivity contribution in [2.24, 2.45) is 0 Å². The van der Waals surface area contributed by atoms with Crippen LogP contribution in [0, 0.1) is 6.92 Å². The second-order valence-corrected chi connectivity index (χ2v) is 8.49. The van der Waals surface area contributed by atoms with Crippen LogP contribution in [-0.2, 0) is 11.0 Å². The van der Waals surface area contributed by atoms with E-state index in [1.807, 2.05) is 16.8 Å². The van der Waals surface area contributed by atoms with Crippen LogP contribution in [-0.4, -0.2) is 11.8 Å². The SMILES string of the molecule is Cc1c(C(=O)Nc2cccc(C(F)(F)F)c2)sc2c1C(c1ccsc1)CC(=O)N2. The van der Waals surface area contributed by atoms with Crippen molar-refractivity contribution in [2.45, 2.75) is 25.4 Å².